The molecular formula is C6H2N8O4. The van der Waals surface area contributed by atoms with E-state index < -0.39 is 32.6 Å². The molecule has 0 atom stereocenters. The van der Waals surface area contributed by atoms with Gasteiger partial charge in [-0.15, -0.1) is 0 Å². The van der Waals surface area contributed by atoms with Crippen LogP contribution in [0.4, 0.5) is 22.7 Å². The summed E-state index contributed by atoms with van der Waals surface area (Å²) in [4.78, 5) is 24.1. The molecule has 0 bridgehead atoms. The molecule has 0 aliphatic rings. The summed E-state index contributed by atoms with van der Waals surface area (Å²) >= 11 is 0. The summed E-state index contributed by atoms with van der Waals surface area (Å²) in [5.74, 6) is 0. The van der Waals surface area contributed by atoms with Gasteiger partial charge < -0.3 is 0 Å². The number of nitro benzene ring substituents is 2. The third kappa shape index (κ3) is 2.41. The SMILES string of the molecule is [N-]=[N+]=Nc1cc(N=[N+]=[N-])c([N+](=O)[O-])cc1[N+](=O)[O-]. The molecule has 1 aromatic carbocycles. The van der Waals surface area contributed by atoms with Gasteiger partial charge in [-0.3, -0.25) is 20.2 Å². The van der Waals surface area contributed by atoms with Gasteiger partial charge in [0.05, 0.1) is 15.9 Å². The molecule has 0 aliphatic carbocycles. The molecule has 12 nitrogen and oxygen atoms in total. The summed E-state index contributed by atoms with van der Waals surface area (Å²) in [5.41, 5.74) is 14.0. The molecule has 0 unspecified atom stereocenters. The van der Waals surface area contributed by atoms with Gasteiger partial charge in [0.25, 0.3) is 11.4 Å². The molecular weight excluding hydrogens is 248 g/mol. The average molecular weight is 250 g/mol. The van der Waals surface area contributed by atoms with Gasteiger partial charge in [-0.05, 0) is 17.1 Å². The zero-order valence-electron chi connectivity index (χ0n) is 8.37. The van der Waals surface area contributed by atoms with Crippen molar-refractivity contribution in [3.05, 3.63) is 53.2 Å². The Morgan fingerprint density at radius 3 is 1.61 bits per heavy atom. The molecule has 90 valence electrons. The lowest BCUT2D eigenvalue weighted by atomic mass is 10.2. The van der Waals surface area contributed by atoms with Crippen LogP contribution in [0.2, 0.25) is 0 Å². The normalized spacial score (nSPS) is 8.89. The van der Waals surface area contributed by atoms with Crippen LogP contribution < -0.4 is 0 Å². The van der Waals surface area contributed by atoms with Crippen molar-refractivity contribution in [2.75, 3.05) is 0 Å². The number of nitro groups is 2. The third-order valence-electron chi connectivity index (χ3n) is 1.77. The van der Waals surface area contributed by atoms with Crippen molar-refractivity contribution < 1.29 is 9.85 Å². The highest BCUT2D eigenvalue weighted by molar-refractivity contribution is 5.72. The van der Waals surface area contributed by atoms with Gasteiger partial charge in [0.15, 0.2) is 0 Å². The van der Waals surface area contributed by atoms with Gasteiger partial charge >= 0.3 is 0 Å². The second kappa shape index (κ2) is 5.12. The van der Waals surface area contributed by atoms with Crippen molar-refractivity contribution >= 4 is 22.7 Å². The van der Waals surface area contributed by atoms with E-state index in [4.69, 9.17) is 11.1 Å². The Bertz CT molecular complexity index is 548. The van der Waals surface area contributed by atoms with E-state index in [1.54, 1.807) is 0 Å². The molecule has 12 heteroatoms. The molecule has 0 radical (unpaired) electrons. The molecule has 0 aromatic heterocycles. The second-order valence-corrected chi connectivity index (χ2v) is 2.72. The summed E-state index contributed by atoms with van der Waals surface area (Å²) in [7, 11) is 0. The Morgan fingerprint density at radius 2 is 1.33 bits per heavy atom. The minimum atomic E-state index is -0.948. The van der Waals surface area contributed by atoms with Gasteiger partial charge in [0.2, 0.25) is 0 Å². The summed E-state index contributed by atoms with van der Waals surface area (Å²) in [6.07, 6.45) is 0. The molecule has 0 N–H and O–H groups in total. The molecule has 1 aromatic rings. The van der Waals surface area contributed by atoms with Gasteiger partial charge in [-0.2, -0.15) is 0 Å². The molecule has 0 fully saturated rings. The van der Waals surface area contributed by atoms with Crippen LogP contribution in [0.15, 0.2) is 22.4 Å². The Morgan fingerprint density at radius 1 is 0.944 bits per heavy atom. The van der Waals surface area contributed by atoms with Crippen LogP contribution in [0.5, 0.6) is 0 Å². The smallest absolute Gasteiger partial charge is 0.258 e. The molecule has 0 saturated heterocycles. The van der Waals surface area contributed by atoms with Crippen LogP contribution in [-0.4, -0.2) is 9.85 Å². The molecule has 0 amide bonds. The number of azide groups is 2. The second-order valence-electron chi connectivity index (χ2n) is 2.72. The lowest BCUT2D eigenvalue weighted by Crippen LogP contribution is -1.93. The highest BCUT2D eigenvalue weighted by Crippen LogP contribution is 2.39. The third-order valence-corrected chi connectivity index (χ3v) is 1.77. The monoisotopic (exact) mass is 250 g/mol. The van der Waals surface area contributed by atoms with Crippen molar-refractivity contribution in [3.8, 4) is 0 Å². The van der Waals surface area contributed by atoms with E-state index in [9.17, 15) is 20.2 Å². The van der Waals surface area contributed by atoms with E-state index >= 15 is 0 Å². The Kier molecular flexibility index (Phi) is 3.61. The van der Waals surface area contributed by atoms with E-state index in [2.05, 4.69) is 20.1 Å². The van der Waals surface area contributed by atoms with E-state index in [1.807, 2.05) is 0 Å². The van der Waals surface area contributed by atoms with Crippen LogP contribution in [0.25, 0.3) is 20.9 Å². The standard InChI is InChI=1S/C6H2N8O4/c7-11-9-3-1-4(10-12-8)6(14(17)18)2-5(3)13(15)16/h1-2H. The molecule has 0 heterocycles. The van der Waals surface area contributed by atoms with Gasteiger partial charge in [-0.1, -0.05) is 10.2 Å². The van der Waals surface area contributed by atoms with Crippen LogP contribution in [0, 0.1) is 20.2 Å². The summed E-state index contributed by atoms with van der Waals surface area (Å²) < 4.78 is 0. The maximum absolute atomic E-state index is 10.6. The fourth-order valence-electron chi connectivity index (χ4n) is 1.10. The zero-order chi connectivity index (χ0) is 13.7. The highest BCUT2D eigenvalue weighted by atomic mass is 16.6. The lowest BCUT2D eigenvalue weighted by Gasteiger charge is -1.99. The summed E-state index contributed by atoms with van der Waals surface area (Å²) in [6.45, 7) is 0. The first-order valence-corrected chi connectivity index (χ1v) is 4.08. The van der Waals surface area contributed by atoms with Gasteiger partial charge in [0, 0.05) is 9.82 Å². The van der Waals surface area contributed by atoms with E-state index in [-0.39, 0.29) is 0 Å². The lowest BCUT2D eigenvalue weighted by molar-refractivity contribution is -0.393. The number of rotatable bonds is 4. The Balaban J connectivity index is 3.69. The first-order chi connectivity index (χ1) is 8.51. The van der Waals surface area contributed by atoms with E-state index in [1.165, 1.54) is 0 Å². The molecule has 0 saturated carbocycles. The minimum Gasteiger partial charge on any atom is -0.258 e. The van der Waals surface area contributed by atoms with Crippen molar-refractivity contribution in [3.63, 3.8) is 0 Å². The number of hydrogen-bond donors (Lipinski definition) is 0. The number of hydrogen-bond acceptors (Lipinski definition) is 6. The first-order valence-electron chi connectivity index (χ1n) is 4.08. The fraction of sp³-hybridized carbons (Fsp3) is 0. The first kappa shape index (κ1) is 12.7. The predicted octanol–water partition coefficient (Wildman–Crippen LogP) is 3.39. The van der Waals surface area contributed by atoms with Gasteiger partial charge in [-0.25, -0.2) is 0 Å². The number of nitrogens with zero attached hydrogens (tertiary/aromatic N) is 8. The molecule has 0 aliphatic heterocycles. The van der Waals surface area contributed by atoms with Crippen molar-refractivity contribution in [2.45, 2.75) is 0 Å². The summed E-state index contributed by atoms with van der Waals surface area (Å²) in [5, 5.41) is 27.3. The Labute approximate surface area is 97.0 Å². The molecule has 1 rings (SSSR count). The van der Waals surface area contributed by atoms with Crippen LogP contribution in [0.1, 0.15) is 0 Å². The maximum atomic E-state index is 10.6. The summed E-state index contributed by atoms with van der Waals surface area (Å²) in [6, 6.07) is 1.34. The molecule has 0 spiro atoms. The quantitative estimate of drug-likeness (QED) is 0.260. The molecule has 18 heavy (non-hydrogen) atoms. The average Bonchev–Trinajstić information content (AvgIpc) is 2.29. The van der Waals surface area contributed by atoms with Crippen molar-refractivity contribution in [2.24, 2.45) is 10.2 Å². The highest BCUT2D eigenvalue weighted by Gasteiger charge is 2.23. The van der Waals surface area contributed by atoms with Gasteiger partial charge in [0.1, 0.15) is 11.4 Å². The largest absolute Gasteiger partial charge is 0.285 e. The number of benzene rings is 1. The minimum absolute atomic E-state index is 0.476. The van der Waals surface area contributed by atoms with Crippen LogP contribution >= 0.6 is 0 Å². The maximum Gasteiger partial charge on any atom is 0.285 e. The van der Waals surface area contributed by atoms with Crippen LogP contribution in [0.3, 0.4) is 0 Å². The van der Waals surface area contributed by atoms with Crippen LogP contribution in [-0.2, 0) is 0 Å². The predicted molar refractivity (Wildman–Crippen MR) is 57.4 cm³/mol. The van der Waals surface area contributed by atoms with Crippen molar-refractivity contribution in [1.29, 1.82) is 0 Å². The Hall–Kier alpha value is -3.36. The van der Waals surface area contributed by atoms with Crippen molar-refractivity contribution in [1.82, 2.24) is 0 Å². The van der Waals surface area contributed by atoms with E-state index in [0.29, 0.717) is 6.07 Å². The fourth-order valence-corrected chi connectivity index (χ4v) is 1.10. The topological polar surface area (TPSA) is 184 Å². The zero-order valence-corrected chi connectivity index (χ0v) is 8.37. The van der Waals surface area contributed by atoms with E-state index in [0.717, 1.165) is 6.07 Å².